The Kier molecular flexibility index (Phi) is 3.75. The molecule has 2 heterocycles. The number of aromatic nitrogens is 2. The smallest absolute Gasteiger partial charge is 0.337 e. The number of carboxylic acids is 1. The highest BCUT2D eigenvalue weighted by Crippen LogP contribution is 2.19. The fourth-order valence-electron chi connectivity index (χ4n) is 1.89. The summed E-state index contributed by atoms with van der Waals surface area (Å²) in [5.74, 6) is -0.957. The van der Waals surface area contributed by atoms with E-state index in [1.165, 1.54) is 12.3 Å². The molecule has 0 aliphatic carbocycles. The Hall–Kier alpha value is -2.43. The van der Waals surface area contributed by atoms with Crippen LogP contribution in [0.2, 0.25) is 0 Å². The number of carboxylic acid groups (broad SMARTS) is 1. The van der Waals surface area contributed by atoms with Crippen LogP contribution in [0, 0.1) is 6.92 Å². The van der Waals surface area contributed by atoms with Crippen LogP contribution in [-0.4, -0.2) is 28.1 Å². The highest BCUT2D eigenvalue weighted by molar-refractivity contribution is 5.94. The van der Waals surface area contributed by atoms with E-state index in [0.717, 1.165) is 11.4 Å². The van der Waals surface area contributed by atoms with Gasteiger partial charge in [-0.2, -0.15) is 0 Å². The summed E-state index contributed by atoms with van der Waals surface area (Å²) < 4.78 is 0. The normalized spacial score (nSPS) is 10.2. The molecule has 0 aromatic carbocycles. The van der Waals surface area contributed by atoms with Gasteiger partial charge < -0.3 is 10.0 Å². The van der Waals surface area contributed by atoms with Gasteiger partial charge in [-0.05, 0) is 25.1 Å². The summed E-state index contributed by atoms with van der Waals surface area (Å²) in [5, 5.41) is 9.15. The molecule has 0 saturated carbocycles. The van der Waals surface area contributed by atoms with Crippen LogP contribution < -0.4 is 4.90 Å². The topological polar surface area (TPSA) is 66.3 Å². The molecule has 2 aromatic heterocycles. The van der Waals surface area contributed by atoms with Crippen LogP contribution in [0.1, 0.15) is 21.7 Å². The second-order valence-corrected chi connectivity index (χ2v) is 4.32. The van der Waals surface area contributed by atoms with Crippen molar-refractivity contribution < 1.29 is 9.90 Å². The first-order chi connectivity index (χ1) is 9.08. The maximum atomic E-state index is 11.2. The first-order valence-corrected chi connectivity index (χ1v) is 5.89. The van der Waals surface area contributed by atoms with Gasteiger partial charge in [0, 0.05) is 18.9 Å². The van der Waals surface area contributed by atoms with E-state index in [4.69, 9.17) is 5.11 Å². The molecule has 0 amide bonds. The zero-order valence-electron chi connectivity index (χ0n) is 10.9. The van der Waals surface area contributed by atoms with Crippen LogP contribution in [0.3, 0.4) is 0 Å². The molecule has 0 spiro atoms. The second-order valence-electron chi connectivity index (χ2n) is 4.32. The number of hydrogen-bond acceptors (Lipinski definition) is 4. The third-order valence-electron chi connectivity index (χ3n) is 2.79. The number of carbonyl (C=O) groups is 1. The Morgan fingerprint density at radius 1 is 1.37 bits per heavy atom. The molecule has 0 aliphatic rings. The number of pyridine rings is 2. The Bertz CT molecular complexity index is 599. The van der Waals surface area contributed by atoms with Gasteiger partial charge in [0.05, 0.1) is 29.7 Å². The van der Waals surface area contributed by atoms with E-state index in [2.05, 4.69) is 9.97 Å². The van der Waals surface area contributed by atoms with Gasteiger partial charge in [-0.15, -0.1) is 0 Å². The minimum atomic E-state index is -0.957. The van der Waals surface area contributed by atoms with Crippen LogP contribution >= 0.6 is 0 Å². The van der Waals surface area contributed by atoms with E-state index in [9.17, 15) is 4.79 Å². The number of aromatic carboxylic acids is 1. The summed E-state index contributed by atoms with van der Waals surface area (Å²) in [4.78, 5) is 21.4. The highest BCUT2D eigenvalue weighted by Gasteiger charge is 2.13. The van der Waals surface area contributed by atoms with Gasteiger partial charge in [0.25, 0.3) is 0 Å². The van der Waals surface area contributed by atoms with E-state index in [1.807, 2.05) is 37.1 Å². The number of nitrogens with zero attached hydrogens (tertiary/aromatic N) is 3. The molecule has 98 valence electrons. The predicted molar refractivity (Wildman–Crippen MR) is 72.3 cm³/mol. The van der Waals surface area contributed by atoms with E-state index in [0.29, 0.717) is 12.2 Å². The minimum Gasteiger partial charge on any atom is -0.478 e. The van der Waals surface area contributed by atoms with Gasteiger partial charge in [0.1, 0.15) is 0 Å². The molecular formula is C14H15N3O2. The summed E-state index contributed by atoms with van der Waals surface area (Å²) in [6, 6.07) is 7.28. The second kappa shape index (κ2) is 5.48. The molecule has 0 saturated heterocycles. The van der Waals surface area contributed by atoms with Gasteiger partial charge in [0.2, 0.25) is 0 Å². The van der Waals surface area contributed by atoms with Crippen molar-refractivity contribution in [1.82, 2.24) is 9.97 Å². The van der Waals surface area contributed by atoms with Crippen molar-refractivity contribution in [2.75, 3.05) is 11.9 Å². The molecule has 5 heteroatoms. The fourth-order valence-corrected chi connectivity index (χ4v) is 1.89. The molecule has 0 unspecified atom stereocenters. The van der Waals surface area contributed by atoms with E-state index in [-0.39, 0.29) is 5.56 Å². The molecule has 0 fully saturated rings. The highest BCUT2D eigenvalue weighted by atomic mass is 16.4. The average molecular weight is 257 g/mol. The Morgan fingerprint density at radius 2 is 2.16 bits per heavy atom. The van der Waals surface area contributed by atoms with Crippen molar-refractivity contribution in [1.29, 1.82) is 0 Å². The summed E-state index contributed by atoms with van der Waals surface area (Å²) in [6.07, 6.45) is 3.03. The van der Waals surface area contributed by atoms with Gasteiger partial charge in [-0.3, -0.25) is 9.97 Å². The number of hydrogen-bond donors (Lipinski definition) is 1. The SMILES string of the molecule is Cc1cccc(CN(C)c2cnccc2C(=O)O)n1. The standard InChI is InChI=1S/C14H15N3O2/c1-10-4-3-5-11(16-10)9-17(2)13-8-15-7-6-12(13)14(18)19/h3-8H,9H2,1-2H3,(H,18,19). The molecular weight excluding hydrogens is 242 g/mol. The van der Waals surface area contributed by atoms with Crippen LogP contribution in [0.25, 0.3) is 0 Å². The number of rotatable bonds is 4. The maximum absolute atomic E-state index is 11.2. The molecule has 2 aromatic rings. The van der Waals surface area contributed by atoms with Crippen molar-refractivity contribution in [3.8, 4) is 0 Å². The molecule has 0 aliphatic heterocycles. The molecule has 19 heavy (non-hydrogen) atoms. The fraction of sp³-hybridized carbons (Fsp3) is 0.214. The van der Waals surface area contributed by atoms with Crippen LogP contribution in [0.4, 0.5) is 5.69 Å². The van der Waals surface area contributed by atoms with Gasteiger partial charge in [-0.1, -0.05) is 6.07 Å². The quantitative estimate of drug-likeness (QED) is 0.908. The van der Waals surface area contributed by atoms with Crippen LogP contribution in [0.15, 0.2) is 36.7 Å². The minimum absolute atomic E-state index is 0.241. The van der Waals surface area contributed by atoms with Gasteiger partial charge in [-0.25, -0.2) is 4.79 Å². The molecule has 0 radical (unpaired) electrons. The van der Waals surface area contributed by atoms with Gasteiger partial charge in [0.15, 0.2) is 0 Å². The van der Waals surface area contributed by atoms with E-state index in [1.54, 1.807) is 6.20 Å². The van der Waals surface area contributed by atoms with Crippen LogP contribution in [-0.2, 0) is 6.54 Å². The lowest BCUT2D eigenvalue weighted by Crippen LogP contribution is -2.20. The Labute approximate surface area is 111 Å². The van der Waals surface area contributed by atoms with E-state index < -0.39 is 5.97 Å². The van der Waals surface area contributed by atoms with Crippen molar-refractivity contribution in [2.45, 2.75) is 13.5 Å². The lowest BCUT2D eigenvalue weighted by Gasteiger charge is -2.20. The zero-order chi connectivity index (χ0) is 13.8. The summed E-state index contributed by atoms with van der Waals surface area (Å²) >= 11 is 0. The summed E-state index contributed by atoms with van der Waals surface area (Å²) in [5.41, 5.74) is 2.65. The summed E-state index contributed by atoms with van der Waals surface area (Å²) in [7, 11) is 1.83. The first-order valence-electron chi connectivity index (χ1n) is 5.89. The Balaban J connectivity index is 2.25. The maximum Gasteiger partial charge on any atom is 0.337 e. The first kappa shape index (κ1) is 13.0. The lowest BCUT2D eigenvalue weighted by molar-refractivity contribution is 0.0697. The van der Waals surface area contributed by atoms with Crippen molar-refractivity contribution in [3.05, 3.63) is 53.6 Å². The van der Waals surface area contributed by atoms with Crippen molar-refractivity contribution >= 4 is 11.7 Å². The lowest BCUT2D eigenvalue weighted by atomic mass is 10.2. The third-order valence-corrected chi connectivity index (χ3v) is 2.79. The van der Waals surface area contributed by atoms with E-state index >= 15 is 0 Å². The van der Waals surface area contributed by atoms with Gasteiger partial charge >= 0.3 is 5.97 Å². The molecule has 0 atom stereocenters. The predicted octanol–water partition coefficient (Wildman–Crippen LogP) is 2.12. The number of anilines is 1. The van der Waals surface area contributed by atoms with Crippen molar-refractivity contribution in [3.63, 3.8) is 0 Å². The van der Waals surface area contributed by atoms with Crippen LogP contribution in [0.5, 0.6) is 0 Å². The molecule has 1 N–H and O–H groups in total. The third kappa shape index (κ3) is 3.07. The molecule has 2 rings (SSSR count). The summed E-state index contributed by atoms with van der Waals surface area (Å²) in [6.45, 7) is 2.46. The molecule has 0 bridgehead atoms. The Morgan fingerprint density at radius 3 is 2.84 bits per heavy atom. The zero-order valence-corrected chi connectivity index (χ0v) is 10.9. The monoisotopic (exact) mass is 257 g/mol. The number of aryl methyl sites for hydroxylation is 1. The average Bonchev–Trinajstić information content (AvgIpc) is 2.38. The largest absolute Gasteiger partial charge is 0.478 e. The van der Waals surface area contributed by atoms with Crippen molar-refractivity contribution in [2.24, 2.45) is 0 Å². The molecule has 5 nitrogen and oxygen atoms in total.